The van der Waals surface area contributed by atoms with Gasteiger partial charge in [-0.2, -0.15) is 0 Å². The first-order chi connectivity index (χ1) is 12.9. The molecule has 0 aliphatic heterocycles. The topological polar surface area (TPSA) is 135 Å². The number of benzene rings is 2. The third-order valence-corrected chi connectivity index (χ3v) is 7.12. The molecule has 9 nitrogen and oxygen atoms in total. The molecule has 0 unspecified atom stereocenters. The summed E-state index contributed by atoms with van der Waals surface area (Å²) >= 11 is 0. The summed E-state index contributed by atoms with van der Waals surface area (Å²) in [4.78, 5) is 10.2. The van der Waals surface area contributed by atoms with Crippen molar-refractivity contribution in [3.05, 3.63) is 68.8 Å². The number of hydrogen-bond acceptors (Lipinski definition) is 6. The van der Waals surface area contributed by atoms with Crippen LogP contribution in [0.3, 0.4) is 0 Å². The number of aryl methyl sites for hydroxylation is 1. The minimum absolute atomic E-state index is 0.0391. The third-order valence-electron chi connectivity index (χ3n) is 4.26. The maximum Gasteiger partial charge on any atom is 0.271 e. The zero-order chi connectivity index (χ0) is 21.1. The zero-order valence-electron chi connectivity index (χ0n) is 15.6. The Hall–Kier alpha value is -2.34. The molecular weight excluding hydrogens is 406 g/mol. The molecule has 0 fully saturated rings. The molecule has 0 heterocycles. The SMILES string of the molecule is CNS(=O)(=O)Cc1ccc(CNS(=O)(=O)c2cc([N+](=O)[O-])cc(C)c2C)cc1. The maximum atomic E-state index is 12.6. The van der Waals surface area contributed by atoms with Crippen molar-refractivity contribution in [3.63, 3.8) is 0 Å². The van der Waals surface area contributed by atoms with E-state index in [0.717, 1.165) is 6.07 Å². The van der Waals surface area contributed by atoms with Gasteiger partial charge in [0, 0.05) is 18.7 Å². The van der Waals surface area contributed by atoms with Crippen molar-refractivity contribution in [2.75, 3.05) is 7.05 Å². The van der Waals surface area contributed by atoms with Gasteiger partial charge in [-0.3, -0.25) is 10.1 Å². The molecule has 0 atom stereocenters. The molecule has 0 aliphatic carbocycles. The molecule has 11 heteroatoms. The lowest BCUT2D eigenvalue weighted by Crippen LogP contribution is -2.24. The summed E-state index contributed by atoms with van der Waals surface area (Å²) in [5.74, 6) is -0.179. The summed E-state index contributed by atoms with van der Waals surface area (Å²) in [5.41, 5.74) is 1.83. The number of non-ortho nitro benzene ring substituents is 1. The molecule has 0 saturated heterocycles. The van der Waals surface area contributed by atoms with Crippen LogP contribution in [0.25, 0.3) is 0 Å². The number of nitro benzene ring substituents is 1. The molecule has 0 radical (unpaired) electrons. The smallest absolute Gasteiger partial charge is 0.258 e. The first-order valence-corrected chi connectivity index (χ1v) is 11.3. The summed E-state index contributed by atoms with van der Waals surface area (Å²) in [6.07, 6.45) is 0. The molecule has 0 aromatic heterocycles. The molecule has 2 N–H and O–H groups in total. The normalized spacial score (nSPS) is 12.1. The Morgan fingerprint density at radius 2 is 1.57 bits per heavy atom. The monoisotopic (exact) mass is 427 g/mol. The lowest BCUT2D eigenvalue weighted by atomic mass is 10.1. The fourth-order valence-electron chi connectivity index (χ4n) is 2.49. The second-order valence-corrected chi connectivity index (χ2v) is 9.91. The highest BCUT2D eigenvalue weighted by atomic mass is 32.2. The Balaban J connectivity index is 2.19. The van der Waals surface area contributed by atoms with Crippen molar-refractivity contribution in [3.8, 4) is 0 Å². The Morgan fingerprint density at radius 1 is 1.00 bits per heavy atom. The van der Waals surface area contributed by atoms with Gasteiger partial charge < -0.3 is 0 Å². The van der Waals surface area contributed by atoms with Crippen LogP contribution >= 0.6 is 0 Å². The van der Waals surface area contributed by atoms with Crippen LogP contribution in [0.4, 0.5) is 5.69 Å². The lowest BCUT2D eigenvalue weighted by Gasteiger charge is -2.11. The van der Waals surface area contributed by atoms with E-state index in [-0.39, 0.29) is 22.9 Å². The number of rotatable bonds is 8. The molecule has 2 aromatic carbocycles. The summed E-state index contributed by atoms with van der Waals surface area (Å²) < 4.78 is 53.0. The first kappa shape index (κ1) is 22.0. The van der Waals surface area contributed by atoms with Gasteiger partial charge in [0.2, 0.25) is 20.0 Å². The number of nitro groups is 1. The van der Waals surface area contributed by atoms with Crippen molar-refractivity contribution in [1.29, 1.82) is 0 Å². The van der Waals surface area contributed by atoms with E-state index >= 15 is 0 Å². The zero-order valence-corrected chi connectivity index (χ0v) is 17.2. The van der Waals surface area contributed by atoms with E-state index in [2.05, 4.69) is 9.44 Å². The Kier molecular flexibility index (Phi) is 6.55. The van der Waals surface area contributed by atoms with Crippen molar-refractivity contribution in [2.45, 2.75) is 31.0 Å². The molecule has 0 bridgehead atoms. The van der Waals surface area contributed by atoms with Crippen molar-refractivity contribution in [1.82, 2.24) is 9.44 Å². The van der Waals surface area contributed by atoms with E-state index < -0.39 is 25.0 Å². The van der Waals surface area contributed by atoms with Crippen LogP contribution in [0.15, 0.2) is 41.3 Å². The van der Waals surface area contributed by atoms with Gasteiger partial charge in [0.15, 0.2) is 0 Å². The highest BCUT2D eigenvalue weighted by Gasteiger charge is 2.22. The molecular formula is C17H21N3O6S2. The number of nitrogens with one attached hydrogen (secondary N) is 2. The van der Waals surface area contributed by atoms with Crippen LogP contribution in [-0.4, -0.2) is 28.8 Å². The van der Waals surface area contributed by atoms with Crippen LogP contribution in [0.5, 0.6) is 0 Å². The van der Waals surface area contributed by atoms with Crippen molar-refractivity contribution in [2.24, 2.45) is 0 Å². The highest BCUT2D eigenvalue weighted by Crippen LogP contribution is 2.25. The van der Waals surface area contributed by atoms with Gasteiger partial charge in [0.1, 0.15) is 0 Å². The van der Waals surface area contributed by atoms with Gasteiger partial charge in [-0.05, 0) is 43.1 Å². The third kappa shape index (κ3) is 5.35. The summed E-state index contributed by atoms with van der Waals surface area (Å²) in [6.45, 7) is 3.16. The first-order valence-electron chi connectivity index (χ1n) is 8.19. The van der Waals surface area contributed by atoms with E-state index in [9.17, 15) is 26.9 Å². The predicted octanol–water partition coefficient (Wildman–Crippen LogP) is 1.74. The van der Waals surface area contributed by atoms with Crippen LogP contribution in [-0.2, 0) is 32.3 Å². The van der Waals surface area contributed by atoms with E-state index in [0.29, 0.717) is 22.3 Å². The molecule has 0 spiro atoms. The number of nitrogens with zero attached hydrogens (tertiary/aromatic N) is 1. The lowest BCUT2D eigenvalue weighted by molar-refractivity contribution is -0.385. The Morgan fingerprint density at radius 3 is 2.11 bits per heavy atom. The Labute approximate surface area is 164 Å². The molecule has 0 aliphatic rings. The summed E-state index contributed by atoms with van der Waals surface area (Å²) in [7, 11) is -6.03. The number of hydrogen-bond donors (Lipinski definition) is 2. The molecule has 152 valence electrons. The minimum atomic E-state index is -3.97. The molecule has 0 saturated carbocycles. The average Bonchev–Trinajstić information content (AvgIpc) is 2.62. The van der Waals surface area contributed by atoms with E-state index in [1.165, 1.54) is 13.1 Å². The fraction of sp³-hybridized carbons (Fsp3) is 0.294. The second kappa shape index (κ2) is 8.35. The van der Waals surface area contributed by atoms with Crippen molar-refractivity contribution >= 4 is 25.7 Å². The largest absolute Gasteiger partial charge is 0.271 e. The van der Waals surface area contributed by atoms with Crippen molar-refractivity contribution < 1.29 is 21.8 Å². The van der Waals surface area contributed by atoms with Gasteiger partial charge >= 0.3 is 0 Å². The van der Waals surface area contributed by atoms with E-state index in [4.69, 9.17) is 0 Å². The Bertz CT molecular complexity index is 1090. The van der Waals surface area contributed by atoms with Crippen LogP contribution in [0.2, 0.25) is 0 Å². The van der Waals surface area contributed by atoms with Crippen LogP contribution in [0.1, 0.15) is 22.3 Å². The quantitative estimate of drug-likeness (QED) is 0.486. The van der Waals surface area contributed by atoms with E-state index in [1.807, 2.05) is 0 Å². The molecule has 0 amide bonds. The summed E-state index contributed by atoms with van der Waals surface area (Å²) in [5, 5.41) is 11.0. The molecule has 2 rings (SSSR count). The van der Waals surface area contributed by atoms with Gasteiger partial charge in [0.05, 0.1) is 15.6 Å². The van der Waals surface area contributed by atoms with E-state index in [1.54, 1.807) is 38.1 Å². The standard InChI is InChI=1S/C17H21N3O6S2/c1-12-8-16(20(21)22)9-17(13(12)2)28(25,26)19-10-14-4-6-15(7-5-14)11-27(23,24)18-3/h4-9,18-19H,10-11H2,1-3H3. The van der Waals surface area contributed by atoms with Gasteiger partial charge in [-0.25, -0.2) is 26.3 Å². The minimum Gasteiger partial charge on any atom is -0.258 e. The highest BCUT2D eigenvalue weighted by molar-refractivity contribution is 7.89. The van der Waals surface area contributed by atoms with Gasteiger partial charge in [-0.1, -0.05) is 24.3 Å². The average molecular weight is 428 g/mol. The number of sulfonamides is 2. The predicted molar refractivity (Wildman–Crippen MR) is 105 cm³/mol. The van der Waals surface area contributed by atoms with Gasteiger partial charge in [0.25, 0.3) is 5.69 Å². The van der Waals surface area contributed by atoms with Crippen LogP contribution in [0, 0.1) is 24.0 Å². The second-order valence-electron chi connectivity index (χ2n) is 6.25. The molecule has 2 aromatic rings. The maximum absolute atomic E-state index is 12.6. The fourth-order valence-corrected chi connectivity index (χ4v) is 4.62. The van der Waals surface area contributed by atoms with Crippen LogP contribution < -0.4 is 9.44 Å². The van der Waals surface area contributed by atoms with Gasteiger partial charge in [-0.15, -0.1) is 0 Å². The summed E-state index contributed by atoms with van der Waals surface area (Å²) in [6, 6.07) is 8.80. The molecule has 28 heavy (non-hydrogen) atoms.